The summed E-state index contributed by atoms with van der Waals surface area (Å²) in [6.07, 6.45) is 4.73. The van der Waals surface area contributed by atoms with Crippen LogP contribution in [0.1, 0.15) is 56.6 Å². The number of fused-ring (bicyclic) bond motifs is 2. The number of anilines is 2. The van der Waals surface area contributed by atoms with E-state index in [1.807, 2.05) is 73.4 Å². The maximum atomic E-state index is 14.4. The molecule has 0 aliphatic carbocycles. The van der Waals surface area contributed by atoms with Crippen molar-refractivity contribution in [3.63, 3.8) is 0 Å². The molecular weight excluding hydrogens is 496 g/mol. The SMILES string of the molecule is C[C@@H]1[C@@H]([Si](C)(C)O)[C@H](CCO)O[C@@]12C(=O)N(Cc1cccc(N3CCCCCCC3=O)c1)c1ccccc12. The van der Waals surface area contributed by atoms with Gasteiger partial charge in [0.15, 0.2) is 13.9 Å². The first kappa shape index (κ1) is 27.1. The number of aliphatic hydroxyl groups is 1. The summed E-state index contributed by atoms with van der Waals surface area (Å²) in [6.45, 7) is 6.81. The van der Waals surface area contributed by atoms with Crippen molar-refractivity contribution < 1.29 is 24.2 Å². The van der Waals surface area contributed by atoms with E-state index in [0.29, 0.717) is 19.4 Å². The number of aliphatic hydroxyl groups excluding tert-OH is 1. The predicted molar refractivity (Wildman–Crippen MR) is 150 cm³/mol. The van der Waals surface area contributed by atoms with Crippen LogP contribution in [0.4, 0.5) is 11.4 Å². The van der Waals surface area contributed by atoms with E-state index in [-0.39, 0.29) is 36.0 Å². The first-order valence-electron chi connectivity index (χ1n) is 14.0. The van der Waals surface area contributed by atoms with Gasteiger partial charge in [0.2, 0.25) is 5.91 Å². The first-order chi connectivity index (χ1) is 18.2. The average molecular weight is 537 g/mol. The van der Waals surface area contributed by atoms with Gasteiger partial charge in [-0.05, 0) is 56.1 Å². The molecule has 0 radical (unpaired) electrons. The Morgan fingerprint density at radius 1 is 1.05 bits per heavy atom. The number of para-hydroxylation sites is 1. The Morgan fingerprint density at radius 3 is 2.58 bits per heavy atom. The minimum absolute atomic E-state index is 0.0595. The number of benzene rings is 2. The second kappa shape index (κ2) is 10.6. The number of rotatable bonds is 6. The summed E-state index contributed by atoms with van der Waals surface area (Å²) in [4.78, 5) is 42.1. The molecule has 5 rings (SSSR count). The lowest BCUT2D eigenvalue weighted by atomic mass is 9.82. The highest BCUT2D eigenvalue weighted by molar-refractivity contribution is 6.71. The van der Waals surface area contributed by atoms with Crippen molar-refractivity contribution in [2.45, 2.75) is 82.3 Å². The Bertz CT molecular complexity index is 1200. The molecule has 3 aliphatic heterocycles. The zero-order valence-corrected chi connectivity index (χ0v) is 23.7. The average Bonchev–Trinajstić information content (AvgIpc) is 3.29. The van der Waals surface area contributed by atoms with Crippen molar-refractivity contribution in [3.8, 4) is 0 Å². The van der Waals surface area contributed by atoms with Crippen LogP contribution in [-0.4, -0.2) is 49.3 Å². The summed E-state index contributed by atoms with van der Waals surface area (Å²) in [5.74, 6) is -0.203. The van der Waals surface area contributed by atoms with Crippen molar-refractivity contribution in [2.24, 2.45) is 5.92 Å². The molecule has 0 aromatic heterocycles. The third-order valence-electron chi connectivity index (χ3n) is 8.69. The van der Waals surface area contributed by atoms with Crippen molar-refractivity contribution in [1.29, 1.82) is 0 Å². The third-order valence-corrected chi connectivity index (χ3v) is 11.2. The van der Waals surface area contributed by atoms with Crippen molar-refractivity contribution >= 4 is 31.5 Å². The van der Waals surface area contributed by atoms with E-state index in [1.165, 1.54) is 0 Å². The molecule has 2 fully saturated rings. The van der Waals surface area contributed by atoms with Gasteiger partial charge in [-0.15, -0.1) is 0 Å². The van der Waals surface area contributed by atoms with Crippen molar-refractivity contribution in [1.82, 2.24) is 0 Å². The van der Waals surface area contributed by atoms with Crippen LogP contribution >= 0.6 is 0 Å². The van der Waals surface area contributed by atoms with Gasteiger partial charge >= 0.3 is 0 Å². The standard InChI is InChI=1S/C30H40N2O5Si/c1-21-28(38(2,3)36)26(16-18-33)37-30(21)24-13-7-8-14-25(24)32(29(30)35)20-22-11-10-12-23(19-22)31-17-9-5-4-6-15-27(31)34/h7-8,10-14,19,21,26,28,33,36H,4-6,9,15-18,20H2,1-3H3/t21-,26+,28-,30+/m1/s1. The van der Waals surface area contributed by atoms with Gasteiger partial charge in [0, 0.05) is 42.3 Å². The van der Waals surface area contributed by atoms with Crippen molar-refractivity contribution in [2.75, 3.05) is 23.0 Å². The number of nitrogens with zero attached hydrogens (tertiary/aromatic N) is 2. The number of ether oxygens (including phenoxy) is 1. The number of carbonyl (C=O) groups is 2. The fraction of sp³-hybridized carbons (Fsp3) is 0.533. The minimum atomic E-state index is -2.71. The molecule has 2 aromatic carbocycles. The molecule has 4 atom stereocenters. The van der Waals surface area contributed by atoms with Gasteiger partial charge in [0.05, 0.1) is 18.3 Å². The van der Waals surface area contributed by atoms with Gasteiger partial charge in [0.1, 0.15) is 0 Å². The highest BCUT2D eigenvalue weighted by atomic mass is 28.4. The number of hydrogen-bond donors (Lipinski definition) is 2. The minimum Gasteiger partial charge on any atom is -0.432 e. The largest absolute Gasteiger partial charge is 0.432 e. The van der Waals surface area contributed by atoms with E-state index in [1.54, 1.807) is 4.90 Å². The normalized spacial score (nSPS) is 28.1. The summed E-state index contributed by atoms with van der Waals surface area (Å²) in [5, 5.41) is 9.75. The molecule has 3 heterocycles. The topological polar surface area (TPSA) is 90.3 Å². The van der Waals surface area contributed by atoms with Gasteiger partial charge in [0.25, 0.3) is 5.91 Å². The van der Waals surface area contributed by atoms with E-state index in [0.717, 1.165) is 54.7 Å². The Hall–Kier alpha value is -2.52. The second-order valence-corrected chi connectivity index (χ2v) is 15.6. The molecule has 1 spiro atoms. The molecule has 2 N–H and O–H groups in total. The molecule has 0 unspecified atom stereocenters. The van der Waals surface area contributed by atoms with Crippen LogP contribution < -0.4 is 9.80 Å². The molecule has 2 saturated heterocycles. The molecule has 204 valence electrons. The first-order valence-corrected chi connectivity index (χ1v) is 17.0. The van der Waals surface area contributed by atoms with Crippen LogP contribution in [0.3, 0.4) is 0 Å². The number of carbonyl (C=O) groups excluding carboxylic acids is 2. The van der Waals surface area contributed by atoms with Crippen LogP contribution in [0.25, 0.3) is 0 Å². The van der Waals surface area contributed by atoms with Crippen molar-refractivity contribution in [3.05, 3.63) is 59.7 Å². The smallest absolute Gasteiger partial charge is 0.264 e. The van der Waals surface area contributed by atoms with E-state index in [4.69, 9.17) is 4.74 Å². The van der Waals surface area contributed by atoms with E-state index < -0.39 is 13.9 Å². The lowest BCUT2D eigenvalue weighted by molar-refractivity contribution is -0.146. The number of amides is 2. The van der Waals surface area contributed by atoms with Crippen LogP contribution in [0.5, 0.6) is 0 Å². The molecule has 2 amide bonds. The highest BCUT2D eigenvalue weighted by Crippen LogP contribution is 2.59. The fourth-order valence-corrected chi connectivity index (χ4v) is 9.63. The Morgan fingerprint density at radius 2 is 1.82 bits per heavy atom. The lowest BCUT2D eigenvalue weighted by Gasteiger charge is -2.32. The zero-order valence-electron chi connectivity index (χ0n) is 22.7. The van der Waals surface area contributed by atoms with Gasteiger partial charge in [-0.1, -0.05) is 50.1 Å². The van der Waals surface area contributed by atoms with E-state index in [9.17, 15) is 19.5 Å². The molecule has 38 heavy (non-hydrogen) atoms. The summed E-state index contributed by atoms with van der Waals surface area (Å²) >= 11 is 0. The molecule has 0 bridgehead atoms. The van der Waals surface area contributed by atoms with Crippen LogP contribution in [0.15, 0.2) is 48.5 Å². The van der Waals surface area contributed by atoms with Gasteiger partial charge in [-0.3, -0.25) is 9.59 Å². The molecule has 7 nitrogen and oxygen atoms in total. The maximum absolute atomic E-state index is 14.4. The van der Waals surface area contributed by atoms with E-state index in [2.05, 4.69) is 0 Å². The monoisotopic (exact) mass is 536 g/mol. The van der Waals surface area contributed by atoms with Gasteiger partial charge in [-0.25, -0.2) is 0 Å². The summed E-state index contributed by atoms with van der Waals surface area (Å²) in [5.41, 5.74) is 2.10. The van der Waals surface area contributed by atoms with Crippen LogP contribution in [-0.2, 0) is 26.5 Å². The molecular formula is C30H40N2O5Si. The molecule has 0 saturated carbocycles. The predicted octanol–water partition coefficient (Wildman–Crippen LogP) is 4.71. The quantitative estimate of drug-likeness (QED) is 0.522. The Kier molecular flexibility index (Phi) is 7.52. The number of hydrogen-bond acceptors (Lipinski definition) is 5. The van der Waals surface area contributed by atoms with Gasteiger partial charge in [-0.2, -0.15) is 0 Å². The summed E-state index contributed by atoms with van der Waals surface area (Å²) in [7, 11) is -2.71. The summed E-state index contributed by atoms with van der Waals surface area (Å²) < 4.78 is 6.64. The van der Waals surface area contributed by atoms with Gasteiger partial charge < -0.3 is 24.4 Å². The summed E-state index contributed by atoms with van der Waals surface area (Å²) in [6, 6.07) is 15.7. The molecule has 2 aromatic rings. The van der Waals surface area contributed by atoms with E-state index >= 15 is 0 Å². The Balaban J connectivity index is 1.48. The van der Waals surface area contributed by atoms with Crippen LogP contribution in [0, 0.1) is 5.92 Å². The Labute approximate surface area is 226 Å². The molecule has 3 aliphatic rings. The zero-order chi connectivity index (χ0) is 27.1. The molecule has 8 heteroatoms. The lowest BCUT2D eigenvalue weighted by Crippen LogP contribution is -2.46. The fourth-order valence-electron chi connectivity index (χ4n) is 7.02. The third kappa shape index (κ3) is 4.61. The van der Waals surface area contributed by atoms with Crippen LogP contribution in [0.2, 0.25) is 18.6 Å². The maximum Gasteiger partial charge on any atom is 0.264 e. The second-order valence-electron chi connectivity index (χ2n) is 11.7. The highest BCUT2D eigenvalue weighted by Gasteiger charge is 2.65.